The van der Waals surface area contributed by atoms with E-state index in [0.717, 1.165) is 0 Å². The third-order valence-electron chi connectivity index (χ3n) is 4.76. The molecule has 1 aromatic rings. The Hall–Kier alpha value is -2.30. The molecule has 0 aromatic heterocycles. The van der Waals surface area contributed by atoms with Gasteiger partial charge < -0.3 is 15.4 Å². The lowest BCUT2D eigenvalue weighted by Gasteiger charge is -2.23. The number of rotatable bonds is 7. The molecule has 1 aliphatic heterocycles. The largest absolute Gasteiger partial charge is 0.381 e. The summed E-state index contributed by atoms with van der Waals surface area (Å²) >= 11 is 0. The van der Waals surface area contributed by atoms with Gasteiger partial charge in [0.1, 0.15) is 6.04 Å². The van der Waals surface area contributed by atoms with Gasteiger partial charge in [-0.05, 0) is 43.7 Å². The number of carbonyl (C=O) groups is 3. The molecule has 1 fully saturated rings. The summed E-state index contributed by atoms with van der Waals surface area (Å²) in [6, 6.07) is 5.61. The molecule has 172 valence electrons. The first-order chi connectivity index (χ1) is 14.7. The zero-order valence-corrected chi connectivity index (χ0v) is 18.7. The van der Waals surface area contributed by atoms with Crippen LogP contribution in [-0.4, -0.2) is 57.9 Å². The van der Waals surface area contributed by atoms with Crippen molar-refractivity contribution in [3.8, 4) is 0 Å². The van der Waals surface area contributed by atoms with Crippen LogP contribution in [-0.2, 0) is 29.1 Å². The first-order valence-electron chi connectivity index (χ1n) is 10.5. The summed E-state index contributed by atoms with van der Waals surface area (Å²) in [5.41, 5.74) is 0. The van der Waals surface area contributed by atoms with Crippen LogP contribution in [0.3, 0.4) is 0 Å². The Labute approximate surface area is 183 Å². The molecule has 9 nitrogen and oxygen atoms in total. The lowest BCUT2D eigenvalue weighted by Crippen LogP contribution is -2.54. The molecule has 1 aromatic carbocycles. The zero-order valence-electron chi connectivity index (χ0n) is 17.9. The number of hydrogen-bond acceptors (Lipinski definition) is 6. The van der Waals surface area contributed by atoms with E-state index in [1.807, 2.05) is 13.8 Å². The third kappa shape index (κ3) is 8.04. The Morgan fingerprint density at radius 3 is 2.52 bits per heavy atom. The molecule has 1 aliphatic rings. The second-order valence-corrected chi connectivity index (χ2v) is 9.62. The molecule has 0 saturated carbocycles. The Balaban J connectivity index is 2.16. The van der Waals surface area contributed by atoms with Gasteiger partial charge in [-0.25, -0.2) is 8.42 Å². The smallest absolute Gasteiger partial charge is 0.289 e. The minimum atomic E-state index is -3.94. The van der Waals surface area contributed by atoms with Gasteiger partial charge in [-0.1, -0.05) is 32.0 Å². The van der Waals surface area contributed by atoms with E-state index in [-0.39, 0.29) is 23.7 Å². The number of benzene rings is 1. The van der Waals surface area contributed by atoms with Crippen LogP contribution in [0.1, 0.15) is 39.5 Å². The Bertz CT molecular complexity index is 857. The topological polar surface area (TPSA) is 131 Å². The molecule has 0 aliphatic carbocycles. The molecule has 31 heavy (non-hydrogen) atoms. The molecular formula is C21H31N3O6S. The quantitative estimate of drug-likeness (QED) is 0.522. The van der Waals surface area contributed by atoms with E-state index in [4.69, 9.17) is 4.74 Å². The highest BCUT2D eigenvalue weighted by Crippen LogP contribution is 2.13. The number of hydrogen-bond donors (Lipinski definition) is 3. The van der Waals surface area contributed by atoms with Crippen molar-refractivity contribution in [3.63, 3.8) is 0 Å². The maximum absolute atomic E-state index is 13.0. The van der Waals surface area contributed by atoms with Crippen molar-refractivity contribution in [1.29, 1.82) is 0 Å². The Morgan fingerprint density at radius 1 is 1.16 bits per heavy atom. The summed E-state index contributed by atoms with van der Waals surface area (Å²) in [6.07, 6.45) is 1.52. The lowest BCUT2D eigenvalue weighted by molar-refractivity contribution is -0.140. The van der Waals surface area contributed by atoms with Gasteiger partial charge in [0, 0.05) is 19.8 Å². The first-order valence-corrected chi connectivity index (χ1v) is 12.0. The molecule has 2 amide bonds. The van der Waals surface area contributed by atoms with Crippen LogP contribution >= 0.6 is 0 Å². The normalized spacial score (nSPS) is 19.9. The number of carbonyl (C=O) groups excluding carboxylic acids is 3. The van der Waals surface area contributed by atoms with Gasteiger partial charge in [0.15, 0.2) is 0 Å². The lowest BCUT2D eigenvalue weighted by atomic mass is 10.0. The van der Waals surface area contributed by atoms with Gasteiger partial charge in [0.25, 0.3) is 5.91 Å². The summed E-state index contributed by atoms with van der Waals surface area (Å²) in [6.45, 7) is 4.91. The standard InChI is InChI=1S/C21H31N3O6S/c1-15(2)14-18(24-31(28,29)16-8-4-3-5-9-16)20(26)23-17-10-6-12-30-13-7-11-22-21(27)19(17)25/h3-5,8-9,15,17-18,24H,6-7,10-14H2,1-2H3,(H,22,27)(H,23,26). The van der Waals surface area contributed by atoms with Crippen molar-refractivity contribution >= 4 is 27.6 Å². The van der Waals surface area contributed by atoms with Crippen LogP contribution in [0.5, 0.6) is 0 Å². The summed E-state index contributed by atoms with van der Waals surface area (Å²) in [5.74, 6) is -2.15. The predicted molar refractivity (Wildman–Crippen MR) is 115 cm³/mol. The molecular weight excluding hydrogens is 422 g/mol. The highest BCUT2D eigenvalue weighted by Gasteiger charge is 2.32. The van der Waals surface area contributed by atoms with Crippen LogP contribution in [0.25, 0.3) is 0 Å². The van der Waals surface area contributed by atoms with Crippen LogP contribution in [0.4, 0.5) is 0 Å². The Morgan fingerprint density at radius 2 is 1.84 bits per heavy atom. The summed E-state index contributed by atoms with van der Waals surface area (Å²) in [4.78, 5) is 37.7. The minimum Gasteiger partial charge on any atom is -0.381 e. The van der Waals surface area contributed by atoms with E-state index in [2.05, 4.69) is 15.4 Å². The maximum Gasteiger partial charge on any atom is 0.289 e. The van der Waals surface area contributed by atoms with Crippen molar-refractivity contribution in [2.24, 2.45) is 5.92 Å². The molecule has 2 atom stereocenters. The number of amides is 2. The van der Waals surface area contributed by atoms with Gasteiger partial charge in [0.05, 0.1) is 10.9 Å². The van der Waals surface area contributed by atoms with Gasteiger partial charge >= 0.3 is 0 Å². The summed E-state index contributed by atoms with van der Waals surface area (Å²) in [5, 5.41) is 5.11. The molecule has 0 spiro atoms. The van der Waals surface area contributed by atoms with E-state index in [1.165, 1.54) is 12.1 Å². The molecule has 2 rings (SSSR count). The number of sulfonamides is 1. The van der Waals surface area contributed by atoms with E-state index < -0.39 is 39.7 Å². The van der Waals surface area contributed by atoms with E-state index >= 15 is 0 Å². The zero-order chi connectivity index (χ0) is 22.9. The first kappa shape index (κ1) is 25.0. The average Bonchev–Trinajstić information content (AvgIpc) is 2.76. The fourth-order valence-electron chi connectivity index (χ4n) is 3.19. The molecule has 10 heteroatoms. The maximum atomic E-state index is 13.0. The van der Waals surface area contributed by atoms with E-state index in [9.17, 15) is 22.8 Å². The van der Waals surface area contributed by atoms with Crippen molar-refractivity contribution < 1.29 is 27.5 Å². The molecule has 2 unspecified atom stereocenters. The van der Waals surface area contributed by atoms with Gasteiger partial charge in [-0.15, -0.1) is 0 Å². The highest BCUT2D eigenvalue weighted by atomic mass is 32.2. The van der Waals surface area contributed by atoms with E-state index in [0.29, 0.717) is 32.6 Å². The second kappa shape index (κ2) is 11.9. The summed E-state index contributed by atoms with van der Waals surface area (Å²) in [7, 11) is -3.94. The number of nitrogens with one attached hydrogen (secondary N) is 3. The fraction of sp³-hybridized carbons (Fsp3) is 0.571. The van der Waals surface area contributed by atoms with Crippen LogP contribution in [0, 0.1) is 5.92 Å². The fourth-order valence-corrected chi connectivity index (χ4v) is 4.42. The van der Waals surface area contributed by atoms with Crippen molar-refractivity contribution in [3.05, 3.63) is 30.3 Å². The number of Topliss-reactive ketones (excluding diaryl/α,β-unsaturated/α-hetero) is 1. The minimum absolute atomic E-state index is 0.00850. The Kier molecular flexibility index (Phi) is 9.60. The SMILES string of the molecule is CC(C)CC(NS(=O)(=O)c1ccccc1)C(=O)NC1CCCOCCCNC(=O)C1=O. The molecule has 1 heterocycles. The van der Waals surface area contributed by atoms with Crippen molar-refractivity contribution in [2.75, 3.05) is 19.8 Å². The third-order valence-corrected chi connectivity index (χ3v) is 6.25. The predicted octanol–water partition coefficient (Wildman–Crippen LogP) is 0.750. The average molecular weight is 454 g/mol. The van der Waals surface area contributed by atoms with Crippen molar-refractivity contribution in [2.45, 2.75) is 56.5 Å². The summed E-state index contributed by atoms with van der Waals surface area (Å²) < 4.78 is 33.3. The molecule has 0 bridgehead atoms. The van der Waals surface area contributed by atoms with E-state index in [1.54, 1.807) is 18.2 Å². The van der Waals surface area contributed by atoms with Gasteiger partial charge in [0.2, 0.25) is 21.7 Å². The highest BCUT2D eigenvalue weighted by molar-refractivity contribution is 7.89. The van der Waals surface area contributed by atoms with Gasteiger partial charge in [-0.2, -0.15) is 4.72 Å². The molecule has 0 radical (unpaired) electrons. The molecule has 3 N–H and O–H groups in total. The van der Waals surface area contributed by atoms with Crippen LogP contribution in [0.15, 0.2) is 35.2 Å². The number of ether oxygens (including phenoxy) is 1. The van der Waals surface area contributed by atoms with Crippen LogP contribution < -0.4 is 15.4 Å². The van der Waals surface area contributed by atoms with Crippen molar-refractivity contribution in [1.82, 2.24) is 15.4 Å². The molecule has 1 saturated heterocycles. The second-order valence-electron chi connectivity index (χ2n) is 7.91. The number of ketones is 1. The van der Waals surface area contributed by atoms with Crippen LogP contribution in [0.2, 0.25) is 0 Å². The monoisotopic (exact) mass is 453 g/mol. The van der Waals surface area contributed by atoms with Gasteiger partial charge in [-0.3, -0.25) is 14.4 Å².